The second-order valence-corrected chi connectivity index (χ2v) is 10.5. The van der Waals surface area contributed by atoms with Gasteiger partial charge < -0.3 is 19.3 Å². The van der Waals surface area contributed by atoms with Gasteiger partial charge in [-0.25, -0.2) is 12.8 Å². The van der Waals surface area contributed by atoms with Crippen LogP contribution in [0.5, 0.6) is 11.5 Å². The van der Waals surface area contributed by atoms with Gasteiger partial charge in [0.15, 0.2) is 0 Å². The molecule has 37 heavy (non-hydrogen) atoms. The number of rotatable bonds is 8. The minimum Gasteiger partial charge on any atom is -0.497 e. The molecule has 1 aliphatic heterocycles. The highest BCUT2D eigenvalue weighted by Gasteiger charge is 2.32. The number of carbonyl (C=O) groups is 1. The van der Waals surface area contributed by atoms with Gasteiger partial charge in [0.25, 0.3) is 10.0 Å². The van der Waals surface area contributed by atoms with Crippen molar-refractivity contribution >= 4 is 27.3 Å². The van der Waals surface area contributed by atoms with E-state index in [4.69, 9.17) is 9.47 Å². The minimum absolute atomic E-state index is 0.0215. The average molecular weight is 528 g/mol. The summed E-state index contributed by atoms with van der Waals surface area (Å²) in [5.41, 5.74) is 1.93. The number of anilines is 2. The quantitative estimate of drug-likeness (QED) is 0.445. The molecule has 1 heterocycles. The van der Waals surface area contributed by atoms with Crippen molar-refractivity contribution < 1.29 is 27.1 Å². The molecule has 1 fully saturated rings. The third-order valence-electron chi connectivity index (χ3n) is 6.33. The van der Waals surface area contributed by atoms with E-state index in [1.807, 2.05) is 0 Å². The third kappa shape index (κ3) is 5.80. The average Bonchev–Trinajstić information content (AvgIpc) is 2.92. The molecule has 10 heteroatoms. The summed E-state index contributed by atoms with van der Waals surface area (Å²) in [5, 5.41) is 0. The van der Waals surface area contributed by atoms with Crippen LogP contribution in [0.3, 0.4) is 0 Å². The molecule has 1 saturated heterocycles. The van der Waals surface area contributed by atoms with Crippen molar-refractivity contribution in [2.24, 2.45) is 0 Å². The minimum atomic E-state index is -4.18. The summed E-state index contributed by atoms with van der Waals surface area (Å²) >= 11 is 0. The van der Waals surface area contributed by atoms with Crippen LogP contribution in [0.2, 0.25) is 0 Å². The van der Waals surface area contributed by atoms with Crippen LogP contribution in [0.4, 0.5) is 15.8 Å². The SMILES string of the molecule is COc1cccc(N(CC(=O)N2CCN(c3ccc(F)cc3)CC2)S(=O)(=O)c2cc(C)ccc2OC)c1. The van der Waals surface area contributed by atoms with Gasteiger partial charge in [0.1, 0.15) is 28.8 Å². The molecule has 1 aliphatic rings. The number of piperazine rings is 1. The summed E-state index contributed by atoms with van der Waals surface area (Å²) in [6.07, 6.45) is 0. The maximum absolute atomic E-state index is 13.9. The molecule has 196 valence electrons. The van der Waals surface area contributed by atoms with E-state index >= 15 is 0 Å². The molecule has 0 aromatic heterocycles. The summed E-state index contributed by atoms with van der Waals surface area (Å²) in [7, 11) is -1.28. The molecule has 4 rings (SSSR count). The summed E-state index contributed by atoms with van der Waals surface area (Å²) in [4.78, 5) is 17.1. The van der Waals surface area contributed by atoms with E-state index in [-0.39, 0.29) is 28.9 Å². The van der Waals surface area contributed by atoms with Gasteiger partial charge in [0.2, 0.25) is 5.91 Å². The molecular weight excluding hydrogens is 497 g/mol. The van der Waals surface area contributed by atoms with E-state index in [2.05, 4.69) is 4.90 Å². The van der Waals surface area contributed by atoms with Crippen LogP contribution in [-0.4, -0.2) is 66.2 Å². The van der Waals surface area contributed by atoms with Gasteiger partial charge in [-0.3, -0.25) is 9.10 Å². The lowest BCUT2D eigenvalue weighted by atomic mass is 10.2. The smallest absolute Gasteiger partial charge is 0.268 e. The van der Waals surface area contributed by atoms with Crippen LogP contribution < -0.4 is 18.7 Å². The van der Waals surface area contributed by atoms with Gasteiger partial charge in [-0.05, 0) is 61.0 Å². The molecule has 0 spiro atoms. The molecule has 0 bridgehead atoms. The predicted octanol–water partition coefficient (Wildman–Crippen LogP) is 3.70. The normalized spacial score (nSPS) is 13.8. The number of carbonyl (C=O) groups excluding carboxylic acids is 1. The topological polar surface area (TPSA) is 79.4 Å². The first-order valence-electron chi connectivity index (χ1n) is 11.8. The number of nitrogens with zero attached hydrogens (tertiary/aromatic N) is 3. The highest BCUT2D eigenvalue weighted by atomic mass is 32.2. The van der Waals surface area contributed by atoms with Crippen molar-refractivity contribution in [2.45, 2.75) is 11.8 Å². The molecule has 0 N–H and O–H groups in total. The van der Waals surface area contributed by atoms with Gasteiger partial charge in [-0.1, -0.05) is 12.1 Å². The number of halogens is 1. The standard InChI is InChI=1S/C27H30FN3O5S/c1-20-7-12-25(36-3)26(17-20)37(33,34)31(23-5-4-6-24(18-23)35-2)19-27(32)30-15-13-29(14-16-30)22-10-8-21(28)9-11-22/h4-12,17-18H,13-16,19H2,1-3H3. The zero-order chi connectivity index (χ0) is 26.6. The summed E-state index contributed by atoms with van der Waals surface area (Å²) in [6.45, 7) is 3.33. The molecule has 0 saturated carbocycles. The van der Waals surface area contributed by atoms with E-state index in [1.54, 1.807) is 60.4 Å². The number of methoxy groups -OCH3 is 2. The molecule has 3 aromatic rings. The Hall–Kier alpha value is -3.79. The van der Waals surface area contributed by atoms with Gasteiger partial charge >= 0.3 is 0 Å². The zero-order valence-electron chi connectivity index (χ0n) is 21.1. The Kier molecular flexibility index (Phi) is 7.87. The lowest BCUT2D eigenvalue weighted by Gasteiger charge is -2.37. The largest absolute Gasteiger partial charge is 0.497 e. The molecule has 0 radical (unpaired) electrons. The predicted molar refractivity (Wildman–Crippen MR) is 140 cm³/mol. The second-order valence-electron chi connectivity index (χ2n) is 8.71. The van der Waals surface area contributed by atoms with Gasteiger partial charge in [-0.15, -0.1) is 0 Å². The first-order chi connectivity index (χ1) is 17.7. The molecule has 8 nitrogen and oxygen atoms in total. The Bertz CT molecular complexity index is 1360. The Morgan fingerprint density at radius 1 is 0.946 bits per heavy atom. The van der Waals surface area contributed by atoms with Crippen LogP contribution in [0.1, 0.15) is 5.56 Å². The Labute approximate surface area is 216 Å². The molecular formula is C27H30FN3O5S. The number of ether oxygens (including phenoxy) is 2. The summed E-state index contributed by atoms with van der Waals surface area (Å²) in [6, 6.07) is 17.7. The van der Waals surface area contributed by atoms with Gasteiger partial charge in [0, 0.05) is 37.9 Å². The number of aryl methyl sites for hydroxylation is 1. The Balaban J connectivity index is 1.60. The van der Waals surface area contributed by atoms with E-state index in [0.29, 0.717) is 37.6 Å². The molecule has 3 aromatic carbocycles. The van der Waals surface area contributed by atoms with Crippen LogP contribution in [0.15, 0.2) is 71.6 Å². The lowest BCUT2D eigenvalue weighted by molar-refractivity contribution is -0.129. The maximum atomic E-state index is 13.9. The number of hydrogen-bond acceptors (Lipinski definition) is 6. The van der Waals surface area contributed by atoms with Crippen LogP contribution in [0.25, 0.3) is 0 Å². The highest BCUT2D eigenvalue weighted by molar-refractivity contribution is 7.93. The first kappa shape index (κ1) is 26.3. The molecule has 0 aliphatic carbocycles. The molecule has 0 atom stereocenters. The Morgan fingerprint density at radius 2 is 1.65 bits per heavy atom. The molecule has 0 unspecified atom stereocenters. The van der Waals surface area contributed by atoms with Crippen LogP contribution in [-0.2, 0) is 14.8 Å². The third-order valence-corrected chi connectivity index (χ3v) is 8.13. The fraction of sp³-hybridized carbons (Fsp3) is 0.296. The first-order valence-corrected chi connectivity index (χ1v) is 13.3. The van der Waals surface area contributed by atoms with E-state index in [9.17, 15) is 17.6 Å². The zero-order valence-corrected chi connectivity index (χ0v) is 21.9. The maximum Gasteiger partial charge on any atom is 0.268 e. The van der Waals surface area contributed by atoms with Crippen molar-refractivity contribution in [3.05, 3.63) is 78.1 Å². The number of benzene rings is 3. The fourth-order valence-electron chi connectivity index (χ4n) is 4.27. The lowest BCUT2D eigenvalue weighted by Crippen LogP contribution is -2.52. The van der Waals surface area contributed by atoms with Crippen molar-refractivity contribution in [3.63, 3.8) is 0 Å². The van der Waals surface area contributed by atoms with Crippen molar-refractivity contribution in [1.82, 2.24) is 4.90 Å². The van der Waals surface area contributed by atoms with Crippen molar-refractivity contribution in [1.29, 1.82) is 0 Å². The molecule has 1 amide bonds. The van der Waals surface area contributed by atoms with Gasteiger partial charge in [0.05, 0.1) is 19.9 Å². The number of amides is 1. The van der Waals surface area contributed by atoms with Crippen LogP contribution in [0, 0.1) is 12.7 Å². The van der Waals surface area contributed by atoms with E-state index in [1.165, 1.54) is 32.4 Å². The van der Waals surface area contributed by atoms with E-state index in [0.717, 1.165) is 15.6 Å². The Morgan fingerprint density at radius 3 is 2.30 bits per heavy atom. The van der Waals surface area contributed by atoms with Crippen molar-refractivity contribution in [2.75, 3.05) is 56.1 Å². The fourth-order valence-corrected chi connectivity index (χ4v) is 5.92. The summed E-state index contributed by atoms with van der Waals surface area (Å²) in [5.74, 6) is 0.0338. The number of hydrogen-bond donors (Lipinski definition) is 0. The number of sulfonamides is 1. The van der Waals surface area contributed by atoms with Crippen LogP contribution >= 0.6 is 0 Å². The highest BCUT2D eigenvalue weighted by Crippen LogP contribution is 2.32. The monoisotopic (exact) mass is 527 g/mol. The second kappa shape index (κ2) is 11.1. The van der Waals surface area contributed by atoms with Crippen molar-refractivity contribution in [3.8, 4) is 11.5 Å². The van der Waals surface area contributed by atoms with E-state index < -0.39 is 10.0 Å². The summed E-state index contributed by atoms with van der Waals surface area (Å²) < 4.78 is 52.9. The van der Waals surface area contributed by atoms with Gasteiger partial charge in [-0.2, -0.15) is 0 Å².